The van der Waals surface area contributed by atoms with Crippen LogP contribution >= 0.6 is 35.3 Å². The standard InChI is InChI=1S/C22H33N3O2S.HI/c1-4-23-22(24-15-18(3)21-10-7-13-28-21)25-16-19-8-6-9-20(14-19)17-27-12-11-26-5-2;/h6-10,13-14,18H,4-5,11-12,15-17H2,1-3H3,(H2,23,24,25);1H. The third-order valence-electron chi connectivity index (χ3n) is 4.20. The van der Waals surface area contributed by atoms with Gasteiger partial charge in [-0.2, -0.15) is 0 Å². The quantitative estimate of drug-likeness (QED) is 0.179. The highest BCUT2D eigenvalue weighted by Gasteiger charge is 2.07. The molecule has 7 heteroatoms. The molecule has 1 aromatic carbocycles. The first-order chi connectivity index (χ1) is 13.7. The Morgan fingerprint density at radius 3 is 2.59 bits per heavy atom. The summed E-state index contributed by atoms with van der Waals surface area (Å²) >= 11 is 1.80. The van der Waals surface area contributed by atoms with Crippen molar-refractivity contribution in [1.82, 2.24) is 10.6 Å². The maximum atomic E-state index is 5.66. The number of ether oxygens (including phenoxy) is 2. The van der Waals surface area contributed by atoms with Crippen LogP contribution in [0.2, 0.25) is 0 Å². The van der Waals surface area contributed by atoms with E-state index in [-0.39, 0.29) is 24.0 Å². The summed E-state index contributed by atoms with van der Waals surface area (Å²) in [6, 6.07) is 12.7. The zero-order valence-corrected chi connectivity index (χ0v) is 20.8. The molecule has 0 amide bonds. The number of nitrogens with one attached hydrogen (secondary N) is 2. The van der Waals surface area contributed by atoms with E-state index in [0.29, 0.717) is 32.3 Å². The molecule has 0 fully saturated rings. The molecular formula is C22H34IN3O2S. The van der Waals surface area contributed by atoms with Crippen molar-refractivity contribution < 1.29 is 9.47 Å². The molecule has 0 spiro atoms. The van der Waals surface area contributed by atoms with Gasteiger partial charge in [0.25, 0.3) is 0 Å². The first-order valence-electron chi connectivity index (χ1n) is 10.0. The molecule has 0 saturated carbocycles. The summed E-state index contributed by atoms with van der Waals surface area (Å²) in [6.07, 6.45) is 0. The van der Waals surface area contributed by atoms with E-state index in [4.69, 9.17) is 14.5 Å². The number of thiophene rings is 1. The minimum Gasteiger partial charge on any atom is -0.379 e. The van der Waals surface area contributed by atoms with E-state index in [1.54, 1.807) is 11.3 Å². The Hall–Kier alpha value is -1.16. The van der Waals surface area contributed by atoms with E-state index in [1.807, 2.05) is 6.92 Å². The molecule has 0 aliphatic rings. The second kappa shape index (κ2) is 15.6. The highest BCUT2D eigenvalue weighted by molar-refractivity contribution is 14.0. The molecule has 0 aliphatic heterocycles. The first kappa shape index (κ1) is 25.9. The Morgan fingerprint density at radius 2 is 1.86 bits per heavy atom. The third-order valence-corrected chi connectivity index (χ3v) is 5.31. The molecule has 0 saturated heterocycles. The molecule has 0 aliphatic carbocycles. The molecule has 2 rings (SSSR count). The molecule has 162 valence electrons. The zero-order valence-electron chi connectivity index (χ0n) is 17.6. The monoisotopic (exact) mass is 531 g/mol. The molecule has 0 radical (unpaired) electrons. The molecule has 0 bridgehead atoms. The molecule has 1 aromatic heterocycles. The van der Waals surface area contributed by atoms with Crippen molar-refractivity contribution in [2.24, 2.45) is 4.99 Å². The first-order valence-corrected chi connectivity index (χ1v) is 10.9. The molecule has 29 heavy (non-hydrogen) atoms. The second-order valence-corrected chi connectivity index (χ2v) is 7.54. The van der Waals surface area contributed by atoms with E-state index in [9.17, 15) is 0 Å². The number of hydrogen-bond acceptors (Lipinski definition) is 4. The van der Waals surface area contributed by atoms with Gasteiger partial charge >= 0.3 is 0 Å². The van der Waals surface area contributed by atoms with Crippen LogP contribution in [0.15, 0.2) is 46.8 Å². The average Bonchev–Trinajstić information content (AvgIpc) is 3.25. The normalized spacial score (nSPS) is 12.3. The van der Waals surface area contributed by atoms with Crippen LogP contribution in [0.5, 0.6) is 0 Å². The number of nitrogens with zero attached hydrogens (tertiary/aromatic N) is 1. The Balaban J connectivity index is 0.00000420. The minimum atomic E-state index is 0. The van der Waals surface area contributed by atoms with Crippen LogP contribution < -0.4 is 10.6 Å². The van der Waals surface area contributed by atoms with E-state index in [0.717, 1.165) is 31.2 Å². The largest absolute Gasteiger partial charge is 0.379 e. The van der Waals surface area contributed by atoms with E-state index in [2.05, 4.69) is 66.3 Å². The van der Waals surface area contributed by atoms with Crippen LogP contribution in [0.4, 0.5) is 0 Å². The van der Waals surface area contributed by atoms with Crippen molar-refractivity contribution in [2.75, 3.05) is 32.9 Å². The molecule has 1 atom stereocenters. The summed E-state index contributed by atoms with van der Waals surface area (Å²) in [5, 5.41) is 8.90. The zero-order chi connectivity index (χ0) is 20.0. The predicted molar refractivity (Wildman–Crippen MR) is 134 cm³/mol. The van der Waals surface area contributed by atoms with Gasteiger partial charge in [-0.3, -0.25) is 0 Å². The summed E-state index contributed by atoms with van der Waals surface area (Å²) in [6.45, 7) is 11.2. The lowest BCUT2D eigenvalue weighted by Gasteiger charge is -2.15. The van der Waals surface area contributed by atoms with Crippen LogP contribution in [-0.4, -0.2) is 38.9 Å². The van der Waals surface area contributed by atoms with Crippen molar-refractivity contribution in [3.8, 4) is 0 Å². The predicted octanol–water partition coefficient (Wildman–Crippen LogP) is 4.78. The Bertz CT molecular complexity index is 695. The van der Waals surface area contributed by atoms with Gasteiger partial charge in [0.15, 0.2) is 5.96 Å². The van der Waals surface area contributed by atoms with E-state index < -0.39 is 0 Å². The number of guanidine groups is 1. The smallest absolute Gasteiger partial charge is 0.191 e. The average molecular weight is 532 g/mol. The minimum absolute atomic E-state index is 0. The molecule has 2 aromatic rings. The summed E-state index contributed by atoms with van der Waals surface area (Å²) in [7, 11) is 0. The molecule has 1 heterocycles. The molecule has 1 unspecified atom stereocenters. The highest BCUT2D eigenvalue weighted by Crippen LogP contribution is 2.19. The van der Waals surface area contributed by atoms with Gasteiger partial charge in [-0.25, -0.2) is 4.99 Å². The Morgan fingerprint density at radius 1 is 1.07 bits per heavy atom. The van der Waals surface area contributed by atoms with Gasteiger partial charge in [0, 0.05) is 30.5 Å². The van der Waals surface area contributed by atoms with Crippen LogP contribution in [0, 0.1) is 0 Å². The van der Waals surface area contributed by atoms with Crippen molar-refractivity contribution in [3.05, 3.63) is 57.8 Å². The van der Waals surface area contributed by atoms with E-state index >= 15 is 0 Å². The van der Waals surface area contributed by atoms with Crippen molar-refractivity contribution in [3.63, 3.8) is 0 Å². The fourth-order valence-electron chi connectivity index (χ4n) is 2.70. The van der Waals surface area contributed by atoms with Gasteiger partial charge in [-0.1, -0.05) is 37.3 Å². The number of aliphatic imine (C=N–C) groups is 1. The van der Waals surface area contributed by atoms with Gasteiger partial charge < -0.3 is 20.1 Å². The summed E-state index contributed by atoms with van der Waals surface area (Å²) in [5.41, 5.74) is 2.34. The van der Waals surface area contributed by atoms with Gasteiger partial charge in [0.1, 0.15) is 0 Å². The van der Waals surface area contributed by atoms with Gasteiger partial charge in [-0.05, 0) is 36.4 Å². The summed E-state index contributed by atoms with van der Waals surface area (Å²) in [4.78, 5) is 6.13. The second-order valence-electron chi connectivity index (χ2n) is 6.56. The fraction of sp³-hybridized carbons (Fsp3) is 0.500. The summed E-state index contributed by atoms with van der Waals surface area (Å²) < 4.78 is 10.9. The SMILES string of the molecule is CCNC(=NCc1cccc(COCCOCC)c1)NCC(C)c1cccs1.I. The third kappa shape index (κ3) is 10.4. The van der Waals surface area contributed by atoms with Crippen molar-refractivity contribution in [1.29, 1.82) is 0 Å². The van der Waals surface area contributed by atoms with Crippen LogP contribution in [-0.2, 0) is 22.6 Å². The van der Waals surface area contributed by atoms with Crippen LogP contribution in [0.25, 0.3) is 0 Å². The summed E-state index contributed by atoms with van der Waals surface area (Å²) in [5.74, 6) is 1.31. The lowest BCUT2D eigenvalue weighted by molar-refractivity contribution is 0.0453. The van der Waals surface area contributed by atoms with Crippen LogP contribution in [0.3, 0.4) is 0 Å². The lowest BCUT2D eigenvalue weighted by Crippen LogP contribution is -2.39. The maximum absolute atomic E-state index is 5.66. The maximum Gasteiger partial charge on any atom is 0.191 e. The number of hydrogen-bond donors (Lipinski definition) is 2. The highest BCUT2D eigenvalue weighted by atomic mass is 127. The van der Waals surface area contributed by atoms with Gasteiger partial charge in [-0.15, -0.1) is 35.3 Å². The Labute approximate surface area is 196 Å². The topological polar surface area (TPSA) is 54.9 Å². The number of halogens is 1. The number of benzene rings is 1. The molecule has 5 nitrogen and oxygen atoms in total. The van der Waals surface area contributed by atoms with E-state index in [1.165, 1.54) is 10.4 Å². The molecule has 2 N–H and O–H groups in total. The number of rotatable bonds is 12. The van der Waals surface area contributed by atoms with Gasteiger partial charge in [0.2, 0.25) is 0 Å². The lowest BCUT2D eigenvalue weighted by atomic mass is 10.1. The molecular weight excluding hydrogens is 497 g/mol. The van der Waals surface area contributed by atoms with Crippen molar-refractivity contribution >= 4 is 41.3 Å². The van der Waals surface area contributed by atoms with Crippen molar-refractivity contribution in [2.45, 2.75) is 39.8 Å². The Kier molecular flexibility index (Phi) is 14.0. The fourth-order valence-corrected chi connectivity index (χ4v) is 3.49. The van der Waals surface area contributed by atoms with Gasteiger partial charge in [0.05, 0.1) is 26.4 Å². The van der Waals surface area contributed by atoms with Crippen LogP contribution in [0.1, 0.15) is 42.7 Å².